The quantitative estimate of drug-likeness (QED) is 0.600. The Bertz CT molecular complexity index is 645. The molecule has 0 radical (unpaired) electrons. The number of fused-ring (bicyclic) bond motifs is 1. The number of aromatic nitrogens is 2. The number of rotatable bonds is 8. The first-order valence-electron chi connectivity index (χ1n) is 8.00. The molecule has 22 heavy (non-hydrogen) atoms. The molecular formula is C18H25N3O. The van der Waals surface area contributed by atoms with Crippen LogP contribution in [0.15, 0.2) is 36.9 Å². The third kappa shape index (κ3) is 3.97. The summed E-state index contributed by atoms with van der Waals surface area (Å²) in [6.45, 7) is 9.58. The Kier molecular flexibility index (Phi) is 5.75. The second-order valence-corrected chi connectivity index (χ2v) is 5.74. The Morgan fingerprint density at radius 2 is 2.23 bits per heavy atom. The summed E-state index contributed by atoms with van der Waals surface area (Å²) in [6, 6.07) is 8.28. The summed E-state index contributed by atoms with van der Waals surface area (Å²) >= 11 is 0. The molecule has 1 aromatic carbocycles. The molecule has 4 nitrogen and oxygen atoms in total. The van der Waals surface area contributed by atoms with Crippen molar-refractivity contribution in [3.05, 3.63) is 42.7 Å². The fraction of sp³-hybridized carbons (Fsp3) is 0.444. The van der Waals surface area contributed by atoms with Gasteiger partial charge in [-0.3, -0.25) is 4.79 Å². The number of para-hydroxylation sites is 2. The van der Waals surface area contributed by atoms with Crippen LogP contribution in [0.4, 0.5) is 0 Å². The summed E-state index contributed by atoms with van der Waals surface area (Å²) in [5, 5.41) is 2.81. The molecule has 1 N–H and O–H groups in total. The molecule has 0 fully saturated rings. The zero-order valence-corrected chi connectivity index (χ0v) is 13.5. The number of aryl methyl sites for hydroxylation is 1. The molecule has 1 aromatic heterocycles. The standard InChI is InChI=1S/C18H25N3O/c1-4-14(3)13-21-16-10-7-6-9-15(16)20-17(21)11-8-12-19-18(22)5-2/h5-7,9-10,14H,2,4,8,11-13H2,1,3H3,(H,19,22). The van der Waals surface area contributed by atoms with Gasteiger partial charge in [0.15, 0.2) is 0 Å². The smallest absolute Gasteiger partial charge is 0.243 e. The van der Waals surface area contributed by atoms with Crippen molar-refractivity contribution in [1.29, 1.82) is 0 Å². The SMILES string of the molecule is C=CC(=O)NCCCc1nc2ccccc2n1CC(C)CC. The van der Waals surface area contributed by atoms with Crippen molar-refractivity contribution in [2.75, 3.05) is 6.54 Å². The van der Waals surface area contributed by atoms with Crippen molar-refractivity contribution < 1.29 is 4.79 Å². The van der Waals surface area contributed by atoms with Crippen molar-refractivity contribution in [2.24, 2.45) is 5.92 Å². The van der Waals surface area contributed by atoms with Crippen molar-refractivity contribution in [1.82, 2.24) is 14.9 Å². The van der Waals surface area contributed by atoms with Gasteiger partial charge in [-0.1, -0.05) is 39.0 Å². The molecule has 0 saturated heterocycles. The van der Waals surface area contributed by atoms with Crippen molar-refractivity contribution in [3.63, 3.8) is 0 Å². The largest absolute Gasteiger partial charge is 0.353 e. The van der Waals surface area contributed by atoms with Crippen LogP contribution in [0.2, 0.25) is 0 Å². The number of nitrogens with zero attached hydrogens (tertiary/aromatic N) is 2. The fourth-order valence-electron chi connectivity index (χ4n) is 2.49. The Morgan fingerprint density at radius 3 is 2.95 bits per heavy atom. The van der Waals surface area contributed by atoms with Crippen LogP contribution < -0.4 is 5.32 Å². The molecule has 0 aliphatic heterocycles. The predicted octanol–water partition coefficient (Wildman–Crippen LogP) is 3.32. The molecule has 0 spiro atoms. The Hall–Kier alpha value is -2.10. The molecule has 0 bridgehead atoms. The molecule has 1 atom stereocenters. The van der Waals surface area contributed by atoms with Gasteiger partial charge in [-0.2, -0.15) is 0 Å². The van der Waals surface area contributed by atoms with Gasteiger partial charge in [0, 0.05) is 19.5 Å². The molecule has 0 aliphatic rings. The third-order valence-corrected chi connectivity index (χ3v) is 3.99. The maximum absolute atomic E-state index is 11.2. The molecule has 1 heterocycles. The Balaban J connectivity index is 2.11. The molecule has 2 aromatic rings. The summed E-state index contributed by atoms with van der Waals surface area (Å²) in [6.07, 6.45) is 4.20. The zero-order valence-electron chi connectivity index (χ0n) is 13.5. The number of carbonyl (C=O) groups excluding carboxylic acids is 1. The van der Waals surface area contributed by atoms with Crippen LogP contribution >= 0.6 is 0 Å². The predicted molar refractivity (Wildman–Crippen MR) is 90.7 cm³/mol. The van der Waals surface area contributed by atoms with Crippen LogP contribution in [-0.2, 0) is 17.8 Å². The normalized spacial score (nSPS) is 12.3. The maximum Gasteiger partial charge on any atom is 0.243 e. The van der Waals surface area contributed by atoms with E-state index >= 15 is 0 Å². The second-order valence-electron chi connectivity index (χ2n) is 5.74. The van der Waals surface area contributed by atoms with Gasteiger partial charge >= 0.3 is 0 Å². The number of nitrogens with one attached hydrogen (secondary N) is 1. The monoisotopic (exact) mass is 299 g/mol. The number of imidazole rings is 1. The number of carbonyl (C=O) groups is 1. The zero-order chi connectivity index (χ0) is 15.9. The number of hydrogen-bond donors (Lipinski definition) is 1. The molecule has 1 amide bonds. The number of hydrogen-bond acceptors (Lipinski definition) is 2. The molecular weight excluding hydrogens is 274 g/mol. The van der Waals surface area contributed by atoms with E-state index in [2.05, 4.69) is 48.5 Å². The molecule has 0 saturated carbocycles. The lowest BCUT2D eigenvalue weighted by Gasteiger charge is -2.14. The molecule has 2 rings (SSSR count). The lowest BCUT2D eigenvalue weighted by molar-refractivity contribution is -0.116. The fourth-order valence-corrected chi connectivity index (χ4v) is 2.49. The highest BCUT2D eigenvalue weighted by Crippen LogP contribution is 2.19. The summed E-state index contributed by atoms with van der Waals surface area (Å²) in [5.74, 6) is 1.61. The summed E-state index contributed by atoms with van der Waals surface area (Å²) in [5.41, 5.74) is 2.25. The van der Waals surface area contributed by atoms with Gasteiger partial charge in [0.2, 0.25) is 5.91 Å². The van der Waals surface area contributed by atoms with Gasteiger partial charge in [0.05, 0.1) is 11.0 Å². The average molecular weight is 299 g/mol. The summed E-state index contributed by atoms with van der Waals surface area (Å²) in [7, 11) is 0. The van der Waals surface area contributed by atoms with Crippen LogP contribution in [0, 0.1) is 5.92 Å². The van der Waals surface area contributed by atoms with E-state index in [0.29, 0.717) is 12.5 Å². The minimum atomic E-state index is -0.117. The van der Waals surface area contributed by atoms with Crippen LogP contribution in [0.3, 0.4) is 0 Å². The molecule has 0 aliphatic carbocycles. The first-order valence-corrected chi connectivity index (χ1v) is 8.00. The van der Waals surface area contributed by atoms with E-state index in [1.54, 1.807) is 0 Å². The highest BCUT2D eigenvalue weighted by Gasteiger charge is 2.12. The third-order valence-electron chi connectivity index (χ3n) is 3.99. The van der Waals surface area contributed by atoms with Gasteiger partial charge in [-0.15, -0.1) is 0 Å². The van der Waals surface area contributed by atoms with Crippen molar-refractivity contribution >= 4 is 16.9 Å². The Labute approximate surface area is 132 Å². The van der Waals surface area contributed by atoms with Gasteiger partial charge < -0.3 is 9.88 Å². The number of amides is 1. The molecule has 4 heteroatoms. The minimum absolute atomic E-state index is 0.117. The van der Waals surface area contributed by atoms with Gasteiger partial charge in [0.25, 0.3) is 0 Å². The van der Waals surface area contributed by atoms with Crippen molar-refractivity contribution in [3.8, 4) is 0 Å². The lowest BCUT2D eigenvalue weighted by atomic mass is 10.1. The lowest BCUT2D eigenvalue weighted by Crippen LogP contribution is -2.22. The van der Waals surface area contributed by atoms with E-state index in [-0.39, 0.29) is 5.91 Å². The summed E-state index contributed by atoms with van der Waals surface area (Å²) in [4.78, 5) is 15.9. The molecule has 118 valence electrons. The minimum Gasteiger partial charge on any atom is -0.353 e. The van der Waals surface area contributed by atoms with E-state index in [1.807, 2.05) is 6.07 Å². The van der Waals surface area contributed by atoms with Gasteiger partial charge in [-0.25, -0.2) is 4.98 Å². The van der Waals surface area contributed by atoms with Crippen LogP contribution in [0.5, 0.6) is 0 Å². The van der Waals surface area contributed by atoms with E-state index in [9.17, 15) is 4.79 Å². The van der Waals surface area contributed by atoms with E-state index in [1.165, 1.54) is 11.6 Å². The Morgan fingerprint density at radius 1 is 1.45 bits per heavy atom. The summed E-state index contributed by atoms with van der Waals surface area (Å²) < 4.78 is 2.33. The highest BCUT2D eigenvalue weighted by molar-refractivity contribution is 5.86. The van der Waals surface area contributed by atoms with E-state index in [4.69, 9.17) is 4.98 Å². The van der Waals surface area contributed by atoms with Crippen LogP contribution in [0.1, 0.15) is 32.5 Å². The van der Waals surface area contributed by atoms with Gasteiger partial charge in [0.1, 0.15) is 5.82 Å². The topological polar surface area (TPSA) is 46.9 Å². The van der Waals surface area contributed by atoms with Crippen molar-refractivity contribution in [2.45, 2.75) is 39.7 Å². The molecule has 1 unspecified atom stereocenters. The van der Waals surface area contributed by atoms with E-state index < -0.39 is 0 Å². The van der Waals surface area contributed by atoms with Crippen LogP contribution in [0.25, 0.3) is 11.0 Å². The second kappa shape index (κ2) is 7.78. The van der Waals surface area contributed by atoms with Crippen LogP contribution in [-0.4, -0.2) is 22.0 Å². The first-order chi connectivity index (χ1) is 10.7. The first kappa shape index (κ1) is 16.3. The average Bonchev–Trinajstić information content (AvgIpc) is 2.89. The van der Waals surface area contributed by atoms with E-state index in [0.717, 1.165) is 37.1 Å². The maximum atomic E-state index is 11.2. The highest BCUT2D eigenvalue weighted by atomic mass is 16.1. The number of benzene rings is 1. The van der Waals surface area contributed by atoms with Gasteiger partial charge in [-0.05, 0) is 30.5 Å².